The lowest BCUT2D eigenvalue weighted by molar-refractivity contribution is -0.131. The lowest BCUT2D eigenvalue weighted by atomic mass is 10.0. The number of carbonyl (C=O) groups excluding carboxylic acids is 5. The summed E-state index contributed by atoms with van der Waals surface area (Å²) in [6.07, 6.45) is 0.516. The summed E-state index contributed by atoms with van der Waals surface area (Å²) in [5.74, 6) is 4.53. The summed E-state index contributed by atoms with van der Waals surface area (Å²) in [6.45, 7) is 4.48. The van der Waals surface area contributed by atoms with Crippen molar-refractivity contribution >= 4 is 35.2 Å². The molecule has 11 nitrogen and oxygen atoms in total. The van der Waals surface area contributed by atoms with Crippen molar-refractivity contribution in [3.8, 4) is 11.8 Å². The maximum absolute atomic E-state index is 13.3. The first-order valence-electron chi connectivity index (χ1n) is 14.5. The highest BCUT2D eigenvalue weighted by atomic mass is 16.2. The second-order valence-electron chi connectivity index (χ2n) is 10.5. The lowest BCUT2D eigenvalue weighted by Gasteiger charge is -2.26. The van der Waals surface area contributed by atoms with Crippen LogP contribution in [0.25, 0.3) is 0 Å². The third-order valence-corrected chi connectivity index (χ3v) is 6.80. The van der Waals surface area contributed by atoms with Gasteiger partial charge in [-0.2, -0.15) is 0 Å². The van der Waals surface area contributed by atoms with E-state index in [2.05, 4.69) is 33.1 Å². The Morgan fingerprint density at radius 1 is 0.814 bits per heavy atom. The molecule has 0 fully saturated rings. The monoisotopic (exact) mass is 588 g/mol. The van der Waals surface area contributed by atoms with Gasteiger partial charge in [0.25, 0.3) is 0 Å². The molecule has 3 rings (SSSR count). The largest absolute Gasteiger partial charge is 0.356 e. The van der Waals surface area contributed by atoms with Crippen molar-refractivity contribution in [2.24, 2.45) is 11.7 Å². The highest BCUT2D eigenvalue weighted by Gasteiger charge is 2.25. The van der Waals surface area contributed by atoms with E-state index in [1.165, 1.54) is 0 Å². The van der Waals surface area contributed by atoms with Gasteiger partial charge in [0, 0.05) is 50.0 Å². The van der Waals surface area contributed by atoms with Crippen molar-refractivity contribution in [1.82, 2.24) is 21.3 Å². The van der Waals surface area contributed by atoms with Crippen molar-refractivity contribution < 1.29 is 24.0 Å². The lowest BCUT2D eigenvalue weighted by Crippen LogP contribution is -2.51. The molecule has 1 aliphatic rings. The quantitative estimate of drug-likeness (QED) is 0.206. The molecule has 0 aliphatic carbocycles. The molecule has 0 spiro atoms. The van der Waals surface area contributed by atoms with E-state index in [1.807, 2.05) is 48.5 Å². The average Bonchev–Trinajstić information content (AvgIpc) is 2.98. The van der Waals surface area contributed by atoms with Gasteiger partial charge in [0.1, 0.15) is 6.04 Å². The zero-order valence-corrected chi connectivity index (χ0v) is 24.7. The standard InChI is InChI=1S/C32H40N6O5/c1-22(2)31(32(43)36-20-29(41)35-19-17-33)37-28(40)13-7-12-27(39)34-18-16-30(42)38-21-25-10-4-3-8-23(25)14-15-24-9-5-6-11-26(24)38/h3-6,8-11,22,31H,7,12-13,16-21,33H2,1-2H3,(H,34,39)(H,35,41)(H,36,43)(H,37,40). The van der Waals surface area contributed by atoms with E-state index in [9.17, 15) is 24.0 Å². The van der Waals surface area contributed by atoms with Gasteiger partial charge in [-0.25, -0.2) is 0 Å². The first kappa shape index (κ1) is 32.8. The predicted octanol–water partition coefficient (Wildman–Crippen LogP) is 0.942. The number of fused-ring (bicyclic) bond motifs is 2. The van der Waals surface area contributed by atoms with E-state index < -0.39 is 11.9 Å². The zero-order chi connectivity index (χ0) is 31.2. The summed E-state index contributed by atoms with van der Waals surface area (Å²) in [7, 11) is 0. The zero-order valence-electron chi connectivity index (χ0n) is 24.7. The van der Waals surface area contributed by atoms with Crippen molar-refractivity contribution in [2.75, 3.05) is 31.1 Å². The number of benzene rings is 2. The summed E-state index contributed by atoms with van der Waals surface area (Å²) >= 11 is 0. The Morgan fingerprint density at radius 3 is 2.21 bits per heavy atom. The number of rotatable bonds is 14. The molecule has 1 aliphatic heterocycles. The Labute approximate surface area is 252 Å². The number of para-hydroxylation sites is 1. The van der Waals surface area contributed by atoms with Gasteiger partial charge in [0.15, 0.2) is 0 Å². The van der Waals surface area contributed by atoms with Gasteiger partial charge in [-0.1, -0.05) is 56.0 Å². The van der Waals surface area contributed by atoms with E-state index in [-0.39, 0.29) is 68.3 Å². The number of nitrogens with two attached hydrogens (primary N) is 1. The third kappa shape index (κ3) is 10.3. The van der Waals surface area contributed by atoms with Gasteiger partial charge < -0.3 is 31.9 Å². The minimum Gasteiger partial charge on any atom is -0.356 e. The molecule has 1 heterocycles. The molecular weight excluding hydrogens is 548 g/mol. The van der Waals surface area contributed by atoms with Gasteiger partial charge >= 0.3 is 0 Å². The molecule has 0 saturated carbocycles. The van der Waals surface area contributed by atoms with E-state index in [0.717, 1.165) is 22.4 Å². The second-order valence-corrected chi connectivity index (χ2v) is 10.5. The summed E-state index contributed by atoms with van der Waals surface area (Å²) in [5.41, 5.74) is 8.66. The molecule has 2 aromatic rings. The summed E-state index contributed by atoms with van der Waals surface area (Å²) in [4.78, 5) is 64.1. The Morgan fingerprint density at radius 2 is 1.47 bits per heavy atom. The molecule has 1 atom stereocenters. The number of hydrogen-bond acceptors (Lipinski definition) is 6. The molecule has 0 radical (unpaired) electrons. The summed E-state index contributed by atoms with van der Waals surface area (Å²) in [6, 6.07) is 14.4. The van der Waals surface area contributed by atoms with Crippen LogP contribution in [0.15, 0.2) is 48.5 Å². The van der Waals surface area contributed by atoms with Crippen molar-refractivity contribution in [1.29, 1.82) is 0 Å². The number of carbonyl (C=O) groups is 5. The van der Waals surface area contributed by atoms with Crippen LogP contribution in [-0.2, 0) is 30.5 Å². The van der Waals surface area contributed by atoms with Gasteiger partial charge in [-0.05, 0) is 36.1 Å². The van der Waals surface area contributed by atoms with Crippen LogP contribution >= 0.6 is 0 Å². The van der Waals surface area contributed by atoms with Crippen molar-refractivity contribution in [2.45, 2.75) is 52.1 Å². The topological polar surface area (TPSA) is 163 Å². The van der Waals surface area contributed by atoms with E-state index in [0.29, 0.717) is 19.6 Å². The fraction of sp³-hybridized carbons (Fsp3) is 0.406. The second kappa shape index (κ2) is 16.7. The van der Waals surface area contributed by atoms with Gasteiger partial charge in [-0.15, -0.1) is 0 Å². The molecular formula is C32H40N6O5. The van der Waals surface area contributed by atoms with Crippen LogP contribution in [0.1, 0.15) is 56.2 Å². The number of amides is 5. The summed E-state index contributed by atoms with van der Waals surface area (Å²) in [5, 5.41) is 10.5. The Hall–Kier alpha value is -4.69. The maximum Gasteiger partial charge on any atom is 0.243 e. The fourth-order valence-electron chi connectivity index (χ4n) is 4.48. The van der Waals surface area contributed by atoms with Crippen LogP contribution in [0.2, 0.25) is 0 Å². The fourth-order valence-corrected chi connectivity index (χ4v) is 4.48. The Kier molecular flexibility index (Phi) is 12.7. The van der Waals surface area contributed by atoms with Gasteiger partial charge in [0.05, 0.1) is 18.8 Å². The molecule has 2 aromatic carbocycles. The normalized spacial score (nSPS) is 12.3. The molecule has 43 heavy (non-hydrogen) atoms. The van der Waals surface area contributed by atoms with Crippen LogP contribution in [-0.4, -0.2) is 61.8 Å². The first-order chi connectivity index (χ1) is 20.7. The van der Waals surface area contributed by atoms with Crippen LogP contribution in [0, 0.1) is 17.8 Å². The highest BCUT2D eigenvalue weighted by Crippen LogP contribution is 2.25. The van der Waals surface area contributed by atoms with Crippen molar-refractivity contribution in [3.05, 3.63) is 65.2 Å². The maximum atomic E-state index is 13.3. The SMILES string of the molecule is CC(C)C(NC(=O)CCCC(=O)NCCC(=O)N1Cc2ccccc2C#Cc2ccccc21)C(=O)NCC(=O)NCCN. The first-order valence-corrected chi connectivity index (χ1v) is 14.5. The number of nitrogens with zero attached hydrogens (tertiary/aromatic N) is 1. The minimum absolute atomic E-state index is 0.0465. The predicted molar refractivity (Wildman–Crippen MR) is 163 cm³/mol. The molecule has 0 bridgehead atoms. The highest BCUT2D eigenvalue weighted by molar-refractivity contribution is 5.95. The molecule has 5 amide bonds. The van der Waals surface area contributed by atoms with Gasteiger partial charge in [-0.3, -0.25) is 24.0 Å². The molecule has 6 N–H and O–H groups in total. The Balaban J connectivity index is 1.43. The van der Waals surface area contributed by atoms with Gasteiger partial charge in [0.2, 0.25) is 29.5 Å². The van der Waals surface area contributed by atoms with E-state index >= 15 is 0 Å². The van der Waals surface area contributed by atoms with Crippen LogP contribution in [0.3, 0.4) is 0 Å². The molecule has 1 unspecified atom stereocenters. The summed E-state index contributed by atoms with van der Waals surface area (Å²) < 4.78 is 0. The number of hydrogen-bond donors (Lipinski definition) is 5. The van der Waals surface area contributed by atoms with E-state index in [4.69, 9.17) is 5.73 Å². The molecule has 0 saturated heterocycles. The molecule has 0 aromatic heterocycles. The minimum atomic E-state index is -0.819. The third-order valence-electron chi connectivity index (χ3n) is 6.80. The van der Waals surface area contributed by atoms with Crippen LogP contribution < -0.4 is 31.9 Å². The van der Waals surface area contributed by atoms with Crippen LogP contribution in [0.5, 0.6) is 0 Å². The number of nitrogens with one attached hydrogen (secondary N) is 4. The van der Waals surface area contributed by atoms with Crippen molar-refractivity contribution in [3.63, 3.8) is 0 Å². The average molecular weight is 589 g/mol. The Bertz CT molecular complexity index is 1380. The smallest absolute Gasteiger partial charge is 0.243 e. The molecule has 228 valence electrons. The number of anilines is 1. The molecule has 11 heteroatoms. The van der Waals surface area contributed by atoms with Crippen LogP contribution in [0.4, 0.5) is 5.69 Å². The van der Waals surface area contributed by atoms with E-state index in [1.54, 1.807) is 18.7 Å².